The van der Waals surface area contributed by atoms with Crippen LogP contribution >= 0.6 is 11.3 Å². The highest BCUT2D eigenvalue weighted by Crippen LogP contribution is 2.10. The summed E-state index contributed by atoms with van der Waals surface area (Å²) in [5.41, 5.74) is 1.18. The number of para-hydroxylation sites is 1. The molecule has 0 aliphatic carbocycles. The molecule has 2 N–H and O–H groups in total. The fraction of sp³-hybridized carbons (Fsp3) is 0.368. The van der Waals surface area contributed by atoms with Gasteiger partial charge in [0.05, 0.1) is 4.88 Å². The summed E-state index contributed by atoms with van der Waals surface area (Å²) < 4.78 is 0. The molecule has 134 valence electrons. The van der Waals surface area contributed by atoms with Crippen molar-refractivity contribution >= 4 is 28.8 Å². The molecule has 0 unspecified atom stereocenters. The van der Waals surface area contributed by atoms with Crippen LogP contribution in [0.3, 0.4) is 0 Å². The number of hydrogen-bond acceptors (Lipinski definition) is 4. The molecule has 6 heteroatoms. The number of anilines is 1. The molecular formula is C19H25N3O2S. The number of nitrogens with one attached hydrogen (secondary N) is 2. The van der Waals surface area contributed by atoms with Gasteiger partial charge in [-0.15, -0.1) is 11.3 Å². The SMILES string of the molecule is CN(CCCNC(=O)CCCNC(=O)c1cccs1)c1ccccc1. The van der Waals surface area contributed by atoms with Gasteiger partial charge in [-0.1, -0.05) is 24.3 Å². The molecule has 2 aromatic rings. The van der Waals surface area contributed by atoms with Crippen molar-refractivity contribution in [2.24, 2.45) is 0 Å². The molecule has 0 bridgehead atoms. The molecule has 0 aliphatic rings. The minimum Gasteiger partial charge on any atom is -0.375 e. The topological polar surface area (TPSA) is 61.4 Å². The van der Waals surface area contributed by atoms with Crippen LogP contribution in [0.25, 0.3) is 0 Å². The van der Waals surface area contributed by atoms with Gasteiger partial charge in [0.15, 0.2) is 0 Å². The number of carbonyl (C=O) groups is 2. The molecular weight excluding hydrogens is 334 g/mol. The van der Waals surface area contributed by atoms with Crippen molar-refractivity contribution in [2.45, 2.75) is 19.3 Å². The molecule has 25 heavy (non-hydrogen) atoms. The van der Waals surface area contributed by atoms with E-state index in [4.69, 9.17) is 0 Å². The van der Waals surface area contributed by atoms with Gasteiger partial charge in [-0.3, -0.25) is 9.59 Å². The molecule has 0 spiro atoms. The number of hydrogen-bond donors (Lipinski definition) is 2. The maximum atomic E-state index is 11.8. The van der Waals surface area contributed by atoms with E-state index in [1.165, 1.54) is 17.0 Å². The first kappa shape index (κ1) is 19.0. The third-order valence-corrected chi connectivity index (χ3v) is 4.67. The van der Waals surface area contributed by atoms with Gasteiger partial charge in [0, 0.05) is 38.8 Å². The first-order valence-corrected chi connectivity index (χ1v) is 9.39. The smallest absolute Gasteiger partial charge is 0.261 e. The molecule has 0 saturated heterocycles. The largest absolute Gasteiger partial charge is 0.375 e. The zero-order valence-corrected chi connectivity index (χ0v) is 15.3. The summed E-state index contributed by atoms with van der Waals surface area (Å²) in [5, 5.41) is 7.63. The Kier molecular flexibility index (Phi) is 7.98. The summed E-state index contributed by atoms with van der Waals surface area (Å²) in [6.45, 7) is 2.07. The van der Waals surface area contributed by atoms with E-state index in [9.17, 15) is 9.59 Å². The number of rotatable bonds is 10. The highest BCUT2D eigenvalue weighted by atomic mass is 32.1. The fourth-order valence-corrected chi connectivity index (χ4v) is 3.03. The summed E-state index contributed by atoms with van der Waals surface area (Å²) in [6.07, 6.45) is 1.97. The van der Waals surface area contributed by atoms with E-state index in [1.54, 1.807) is 6.07 Å². The highest BCUT2D eigenvalue weighted by molar-refractivity contribution is 7.12. The molecule has 0 atom stereocenters. The number of nitrogens with zero attached hydrogens (tertiary/aromatic N) is 1. The minimum absolute atomic E-state index is 0.0349. The second kappa shape index (κ2) is 10.5. The minimum atomic E-state index is -0.0700. The molecule has 0 aliphatic heterocycles. The average Bonchev–Trinajstić information content (AvgIpc) is 3.17. The summed E-state index contributed by atoms with van der Waals surface area (Å²) in [7, 11) is 2.05. The van der Waals surface area contributed by atoms with Crippen LogP contribution in [0.4, 0.5) is 5.69 Å². The van der Waals surface area contributed by atoms with Gasteiger partial charge < -0.3 is 15.5 Å². The first-order chi connectivity index (χ1) is 12.2. The van der Waals surface area contributed by atoms with Gasteiger partial charge in [-0.25, -0.2) is 0 Å². The van der Waals surface area contributed by atoms with Crippen molar-refractivity contribution < 1.29 is 9.59 Å². The monoisotopic (exact) mass is 359 g/mol. The van der Waals surface area contributed by atoms with Crippen LogP contribution < -0.4 is 15.5 Å². The van der Waals surface area contributed by atoms with Crippen LogP contribution in [0.2, 0.25) is 0 Å². The van der Waals surface area contributed by atoms with Crippen molar-refractivity contribution in [3.63, 3.8) is 0 Å². The summed E-state index contributed by atoms with van der Waals surface area (Å²) in [6, 6.07) is 13.8. The van der Waals surface area contributed by atoms with Crippen LogP contribution in [0.5, 0.6) is 0 Å². The van der Waals surface area contributed by atoms with Crippen LogP contribution in [0, 0.1) is 0 Å². The van der Waals surface area contributed by atoms with Crippen LogP contribution in [-0.2, 0) is 4.79 Å². The lowest BCUT2D eigenvalue weighted by atomic mass is 10.2. The van der Waals surface area contributed by atoms with Crippen molar-refractivity contribution in [3.05, 3.63) is 52.7 Å². The van der Waals surface area contributed by atoms with Crippen molar-refractivity contribution in [1.29, 1.82) is 0 Å². The van der Waals surface area contributed by atoms with Crippen LogP contribution in [-0.4, -0.2) is 38.5 Å². The third-order valence-electron chi connectivity index (χ3n) is 3.80. The number of thiophene rings is 1. The quantitative estimate of drug-likeness (QED) is 0.641. The van der Waals surface area contributed by atoms with Gasteiger partial charge >= 0.3 is 0 Å². The Morgan fingerprint density at radius 1 is 1.00 bits per heavy atom. The molecule has 5 nitrogen and oxygen atoms in total. The molecule has 0 saturated carbocycles. The second-order valence-corrected chi connectivity index (χ2v) is 6.75. The zero-order valence-electron chi connectivity index (χ0n) is 14.5. The van der Waals surface area contributed by atoms with Gasteiger partial charge in [0.25, 0.3) is 5.91 Å². The van der Waals surface area contributed by atoms with E-state index in [2.05, 4.69) is 27.7 Å². The van der Waals surface area contributed by atoms with Gasteiger partial charge in [-0.05, 0) is 36.4 Å². The van der Waals surface area contributed by atoms with E-state index in [-0.39, 0.29) is 11.8 Å². The molecule has 0 radical (unpaired) electrons. The molecule has 2 amide bonds. The maximum Gasteiger partial charge on any atom is 0.261 e. The second-order valence-electron chi connectivity index (χ2n) is 5.80. The third kappa shape index (κ3) is 6.97. The Morgan fingerprint density at radius 3 is 2.48 bits per heavy atom. The van der Waals surface area contributed by atoms with E-state index in [0.29, 0.717) is 30.8 Å². The van der Waals surface area contributed by atoms with E-state index in [1.807, 2.05) is 36.7 Å². The summed E-state index contributed by atoms with van der Waals surface area (Å²) in [5.74, 6) is -0.0351. The van der Waals surface area contributed by atoms with Gasteiger partial charge in [0.1, 0.15) is 0 Å². The maximum absolute atomic E-state index is 11.8. The Labute approximate surface area is 153 Å². The zero-order chi connectivity index (χ0) is 17.9. The summed E-state index contributed by atoms with van der Waals surface area (Å²) >= 11 is 1.41. The van der Waals surface area contributed by atoms with Gasteiger partial charge in [0.2, 0.25) is 5.91 Å². The van der Waals surface area contributed by atoms with Crippen molar-refractivity contribution in [3.8, 4) is 0 Å². The number of amides is 2. The molecule has 0 fully saturated rings. The lowest BCUT2D eigenvalue weighted by Crippen LogP contribution is -2.29. The lowest BCUT2D eigenvalue weighted by molar-refractivity contribution is -0.121. The Balaban J connectivity index is 1.50. The normalized spacial score (nSPS) is 10.3. The summed E-state index contributed by atoms with van der Waals surface area (Å²) in [4.78, 5) is 26.4. The predicted octanol–water partition coefficient (Wildman–Crippen LogP) is 2.90. The van der Waals surface area contributed by atoms with Gasteiger partial charge in [-0.2, -0.15) is 0 Å². The standard InChI is InChI=1S/C19H25N3O2S/c1-22(16-8-3-2-4-9-16)14-7-13-20-18(23)11-5-12-21-19(24)17-10-6-15-25-17/h2-4,6,8-10,15H,5,7,11-14H2,1H3,(H,20,23)(H,21,24). The Morgan fingerprint density at radius 2 is 1.76 bits per heavy atom. The molecule has 1 aromatic heterocycles. The molecule has 1 heterocycles. The Hall–Kier alpha value is -2.34. The number of carbonyl (C=O) groups excluding carboxylic acids is 2. The van der Waals surface area contributed by atoms with Crippen LogP contribution in [0.15, 0.2) is 47.8 Å². The first-order valence-electron chi connectivity index (χ1n) is 8.51. The number of benzene rings is 1. The van der Waals surface area contributed by atoms with Crippen LogP contribution in [0.1, 0.15) is 28.9 Å². The van der Waals surface area contributed by atoms with E-state index in [0.717, 1.165) is 13.0 Å². The Bertz CT molecular complexity index is 644. The average molecular weight is 359 g/mol. The van der Waals surface area contributed by atoms with E-state index < -0.39 is 0 Å². The molecule has 2 rings (SSSR count). The highest BCUT2D eigenvalue weighted by Gasteiger charge is 2.06. The fourth-order valence-electron chi connectivity index (χ4n) is 2.39. The van der Waals surface area contributed by atoms with E-state index >= 15 is 0 Å². The molecule has 1 aromatic carbocycles. The van der Waals surface area contributed by atoms with Crippen molar-refractivity contribution in [1.82, 2.24) is 10.6 Å². The lowest BCUT2D eigenvalue weighted by Gasteiger charge is -2.19. The van der Waals surface area contributed by atoms with Crippen molar-refractivity contribution in [2.75, 3.05) is 31.6 Å². The predicted molar refractivity (Wildman–Crippen MR) is 103 cm³/mol.